The lowest BCUT2D eigenvalue weighted by atomic mass is 10.1. The minimum absolute atomic E-state index is 0.137. The zero-order valence-electron chi connectivity index (χ0n) is 17.7. The molecule has 0 radical (unpaired) electrons. The standard InChI is InChI=1S/C23H24N2O5S/c1-15-10-11-18(12-16(15)2)31(27,28)25-20-14-21(29-3)19(13-22(20)30-4)24-23(26)17-8-6-5-7-9-17/h5-14,25H,1-4H3,(H,24,26). The van der Waals surface area contributed by atoms with E-state index in [1.54, 1.807) is 42.5 Å². The number of carbonyl (C=O) groups is 1. The maximum Gasteiger partial charge on any atom is 0.262 e. The van der Waals surface area contributed by atoms with Crippen molar-refractivity contribution >= 4 is 27.3 Å². The zero-order chi connectivity index (χ0) is 22.6. The van der Waals surface area contributed by atoms with Gasteiger partial charge in [0.15, 0.2) is 0 Å². The van der Waals surface area contributed by atoms with Crippen molar-refractivity contribution in [2.24, 2.45) is 0 Å². The quantitative estimate of drug-likeness (QED) is 0.569. The highest BCUT2D eigenvalue weighted by molar-refractivity contribution is 7.92. The number of rotatable bonds is 7. The highest BCUT2D eigenvalue weighted by Gasteiger charge is 2.20. The fraction of sp³-hybridized carbons (Fsp3) is 0.174. The molecule has 0 unspecified atom stereocenters. The van der Waals surface area contributed by atoms with Crippen LogP contribution in [-0.2, 0) is 10.0 Å². The molecule has 0 saturated carbocycles. The summed E-state index contributed by atoms with van der Waals surface area (Å²) in [5.41, 5.74) is 2.88. The molecule has 0 aliphatic heterocycles. The fourth-order valence-electron chi connectivity index (χ4n) is 2.94. The van der Waals surface area contributed by atoms with Gasteiger partial charge in [-0.3, -0.25) is 9.52 Å². The lowest BCUT2D eigenvalue weighted by molar-refractivity contribution is 0.102. The van der Waals surface area contributed by atoms with Crippen LogP contribution in [-0.4, -0.2) is 28.5 Å². The van der Waals surface area contributed by atoms with Crippen molar-refractivity contribution < 1.29 is 22.7 Å². The number of carbonyl (C=O) groups excluding carboxylic acids is 1. The summed E-state index contributed by atoms with van der Waals surface area (Å²) in [5, 5.41) is 2.77. The van der Waals surface area contributed by atoms with Gasteiger partial charge in [0.1, 0.15) is 11.5 Å². The predicted molar refractivity (Wildman–Crippen MR) is 121 cm³/mol. The predicted octanol–water partition coefficient (Wildman–Crippen LogP) is 4.37. The Bertz CT molecular complexity index is 1210. The lowest BCUT2D eigenvalue weighted by Gasteiger charge is -2.17. The highest BCUT2D eigenvalue weighted by Crippen LogP contribution is 2.37. The van der Waals surface area contributed by atoms with E-state index in [0.29, 0.717) is 11.3 Å². The first-order chi connectivity index (χ1) is 14.7. The van der Waals surface area contributed by atoms with Gasteiger partial charge in [0.2, 0.25) is 0 Å². The second kappa shape index (κ2) is 9.09. The summed E-state index contributed by atoms with van der Waals surface area (Å²) in [4.78, 5) is 12.7. The van der Waals surface area contributed by atoms with Crippen LogP contribution >= 0.6 is 0 Å². The highest BCUT2D eigenvalue weighted by atomic mass is 32.2. The monoisotopic (exact) mass is 440 g/mol. The van der Waals surface area contributed by atoms with Crippen LogP contribution in [0.3, 0.4) is 0 Å². The molecule has 3 aromatic rings. The zero-order valence-corrected chi connectivity index (χ0v) is 18.5. The van der Waals surface area contributed by atoms with Crippen molar-refractivity contribution in [1.29, 1.82) is 0 Å². The molecule has 0 aliphatic rings. The minimum atomic E-state index is -3.86. The van der Waals surface area contributed by atoms with Gasteiger partial charge in [-0.25, -0.2) is 8.42 Å². The number of benzene rings is 3. The van der Waals surface area contributed by atoms with E-state index in [0.717, 1.165) is 11.1 Å². The van der Waals surface area contributed by atoms with E-state index in [9.17, 15) is 13.2 Å². The molecule has 0 fully saturated rings. The van der Waals surface area contributed by atoms with Gasteiger partial charge in [-0.05, 0) is 49.2 Å². The van der Waals surface area contributed by atoms with Crippen LogP contribution in [0.4, 0.5) is 11.4 Å². The van der Waals surface area contributed by atoms with Crippen LogP contribution in [0, 0.1) is 13.8 Å². The van der Waals surface area contributed by atoms with Crippen molar-refractivity contribution in [1.82, 2.24) is 0 Å². The molecule has 0 spiro atoms. The Morgan fingerprint density at radius 1 is 0.806 bits per heavy atom. The third-order valence-electron chi connectivity index (χ3n) is 4.84. The topological polar surface area (TPSA) is 93.7 Å². The minimum Gasteiger partial charge on any atom is -0.494 e. The number of hydrogen-bond acceptors (Lipinski definition) is 5. The van der Waals surface area contributed by atoms with Gasteiger partial charge in [0.05, 0.1) is 30.5 Å². The van der Waals surface area contributed by atoms with Gasteiger partial charge >= 0.3 is 0 Å². The van der Waals surface area contributed by atoms with Crippen LogP contribution in [0.15, 0.2) is 65.6 Å². The maximum atomic E-state index is 12.9. The van der Waals surface area contributed by atoms with Crippen molar-refractivity contribution in [2.45, 2.75) is 18.7 Å². The van der Waals surface area contributed by atoms with Crippen LogP contribution in [0.5, 0.6) is 11.5 Å². The van der Waals surface area contributed by atoms with Gasteiger partial charge < -0.3 is 14.8 Å². The summed E-state index contributed by atoms with van der Waals surface area (Å²) in [6, 6.07) is 16.6. The summed E-state index contributed by atoms with van der Waals surface area (Å²) in [5.74, 6) is 0.184. The average molecular weight is 441 g/mol. The first-order valence-electron chi connectivity index (χ1n) is 9.47. The molecule has 0 aliphatic carbocycles. The lowest BCUT2D eigenvalue weighted by Crippen LogP contribution is -2.15. The molecule has 0 atom stereocenters. The first kappa shape index (κ1) is 22.2. The van der Waals surface area contributed by atoms with Gasteiger partial charge in [-0.1, -0.05) is 24.3 Å². The number of sulfonamides is 1. The summed E-state index contributed by atoms with van der Waals surface area (Å²) >= 11 is 0. The molecule has 0 saturated heterocycles. The molecule has 7 nitrogen and oxygen atoms in total. The van der Waals surface area contributed by atoms with E-state index in [2.05, 4.69) is 10.0 Å². The number of ether oxygens (including phenoxy) is 2. The Hall–Kier alpha value is -3.52. The molecule has 0 bridgehead atoms. The maximum absolute atomic E-state index is 12.9. The Morgan fingerprint density at radius 2 is 1.42 bits per heavy atom. The van der Waals surface area contributed by atoms with Crippen molar-refractivity contribution in [3.8, 4) is 11.5 Å². The van der Waals surface area contributed by atoms with E-state index < -0.39 is 10.0 Å². The molecule has 1 amide bonds. The van der Waals surface area contributed by atoms with Crippen LogP contribution in [0.2, 0.25) is 0 Å². The smallest absolute Gasteiger partial charge is 0.262 e. The van der Waals surface area contributed by atoms with E-state index in [1.807, 2.05) is 19.9 Å². The van der Waals surface area contributed by atoms with Crippen molar-refractivity contribution in [2.75, 3.05) is 24.3 Å². The van der Waals surface area contributed by atoms with Crippen LogP contribution in [0.1, 0.15) is 21.5 Å². The molecule has 8 heteroatoms. The molecular weight excluding hydrogens is 416 g/mol. The van der Waals surface area contributed by atoms with E-state index in [-0.39, 0.29) is 28.0 Å². The molecule has 31 heavy (non-hydrogen) atoms. The van der Waals surface area contributed by atoms with Crippen LogP contribution < -0.4 is 19.5 Å². The molecule has 2 N–H and O–H groups in total. The fourth-order valence-corrected chi connectivity index (χ4v) is 4.09. The number of amides is 1. The second-order valence-electron chi connectivity index (χ2n) is 6.92. The molecular formula is C23H24N2O5S. The summed E-state index contributed by atoms with van der Waals surface area (Å²) in [7, 11) is -1.01. The molecule has 0 aromatic heterocycles. The van der Waals surface area contributed by atoms with Gasteiger partial charge in [0, 0.05) is 17.7 Å². The van der Waals surface area contributed by atoms with Gasteiger partial charge in [-0.2, -0.15) is 0 Å². The van der Waals surface area contributed by atoms with Crippen molar-refractivity contribution in [3.05, 3.63) is 77.4 Å². The number of aryl methyl sites for hydroxylation is 2. The molecule has 162 valence electrons. The second-order valence-corrected chi connectivity index (χ2v) is 8.61. The molecule has 0 heterocycles. The van der Waals surface area contributed by atoms with E-state index in [4.69, 9.17) is 9.47 Å². The Morgan fingerprint density at radius 3 is 2.03 bits per heavy atom. The largest absolute Gasteiger partial charge is 0.494 e. The molecule has 3 rings (SSSR count). The third kappa shape index (κ3) is 4.97. The average Bonchev–Trinajstić information content (AvgIpc) is 2.76. The third-order valence-corrected chi connectivity index (χ3v) is 6.20. The first-order valence-corrected chi connectivity index (χ1v) is 11.0. The normalized spacial score (nSPS) is 11.0. The van der Waals surface area contributed by atoms with Crippen LogP contribution in [0.25, 0.3) is 0 Å². The molecule has 3 aromatic carbocycles. The number of anilines is 2. The van der Waals surface area contributed by atoms with Gasteiger partial charge in [-0.15, -0.1) is 0 Å². The summed E-state index contributed by atoms with van der Waals surface area (Å²) in [6.07, 6.45) is 0. The number of hydrogen-bond donors (Lipinski definition) is 2. The van der Waals surface area contributed by atoms with Gasteiger partial charge in [0.25, 0.3) is 15.9 Å². The summed E-state index contributed by atoms with van der Waals surface area (Å²) < 4.78 is 39.1. The van der Waals surface area contributed by atoms with E-state index >= 15 is 0 Å². The summed E-state index contributed by atoms with van der Waals surface area (Å²) in [6.45, 7) is 3.76. The Balaban J connectivity index is 1.94. The number of nitrogens with one attached hydrogen (secondary N) is 2. The number of methoxy groups -OCH3 is 2. The Kier molecular flexibility index (Phi) is 6.50. The van der Waals surface area contributed by atoms with E-state index in [1.165, 1.54) is 26.4 Å². The Labute approximate surface area is 182 Å². The SMILES string of the molecule is COc1cc(NS(=O)(=O)c2ccc(C)c(C)c2)c(OC)cc1NC(=O)c1ccccc1. The van der Waals surface area contributed by atoms with Crippen molar-refractivity contribution in [3.63, 3.8) is 0 Å².